The van der Waals surface area contributed by atoms with Gasteiger partial charge in [-0.15, -0.1) is 0 Å². The summed E-state index contributed by atoms with van der Waals surface area (Å²) in [4.78, 5) is 41.8. The fourth-order valence-corrected chi connectivity index (χ4v) is 5.40. The number of halogens is 3. The molecule has 2 amide bonds. The first kappa shape index (κ1) is 26.9. The molecule has 10 heteroatoms. The molecule has 0 bridgehead atoms. The standard InChI is InChI=1S/C27H24Cl3N3O4/c28-18-7-5-17(6-8-18)27(11-1-2-12-27)26(37)33-22(13-23(34)35)16-3-9-19(10-4-16)32-25(36)24-20(29)14-31-15-21(24)30/h3-10,14-15,22H,1-2,11-13H2,(H,32,36)(H,33,37)(H,34,35). The molecule has 1 fully saturated rings. The van der Waals surface area contributed by atoms with Crippen LogP contribution in [0.15, 0.2) is 60.9 Å². The van der Waals surface area contributed by atoms with Crippen LogP contribution in [0.1, 0.15) is 59.6 Å². The normalized spacial score (nSPS) is 15.1. The Balaban J connectivity index is 1.54. The van der Waals surface area contributed by atoms with Gasteiger partial charge in [-0.3, -0.25) is 19.4 Å². The molecule has 1 atom stereocenters. The molecule has 1 aromatic heterocycles. The van der Waals surface area contributed by atoms with Gasteiger partial charge in [-0.1, -0.05) is 71.9 Å². The number of carboxylic acid groups (broad SMARTS) is 1. The van der Waals surface area contributed by atoms with E-state index in [2.05, 4.69) is 15.6 Å². The number of carbonyl (C=O) groups is 3. The number of hydrogen-bond acceptors (Lipinski definition) is 4. The zero-order valence-corrected chi connectivity index (χ0v) is 21.9. The number of nitrogens with zero attached hydrogens (tertiary/aromatic N) is 1. The number of nitrogens with one attached hydrogen (secondary N) is 2. The maximum Gasteiger partial charge on any atom is 0.305 e. The molecule has 3 N–H and O–H groups in total. The highest BCUT2D eigenvalue weighted by atomic mass is 35.5. The van der Waals surface area contributed by atoms with Gasteiger partial charge in [0.2, 0.25) is 5.91 Å². The average Bonchev–Trinajstić information content (AvgIpc) is 3.35. The van der Waals surface area contributed by atoms with Crippen molar-refractivity contribution in [3.8, 4) is 0 Å². The van der Waals surface area contributed by atoms with Crippen LogP contribution in [0.25, 0.3) is 0 Å². The van der Waals surface area contributed by atoms with E-state index < -0.39 is 23.3 Å². The summed E-state index contributed by atoms with van der Waals surface area (Å²) in [5.74, 6) is -1.76. The Kier molecular flexibility index (Phi) is 8.37. The molecule has 0 saturated heterocycles. The van der Waals surface area contributed by atoms with Crippen LogP contribution in [0, 0.1) is 0 Å². The van der Waals surface area contributed by atoms with E-state index in [4.69, 9.17) is 34.8 Å². The van der Waals surface area contributed by atoms with Crippen LogP contribution < -0.4 is 10.6 Å². The summed E-state index contributed by atoms with van der Waals surface area (Å²) in [7, 11) is 0. The summed E-state index contributed by atoms with van der Waals surface area (Å²) in [5, 5.41) is 16.0. The topological polar surface area (TPSA) is 108 Å². The molecule has 7 nitrogen and oxygen atoms in total. The number of benzene rings is 2. The smallest absolute Gasteiger partial charge is 0.305 e. The van der Waals surface area contributed by atoms with Crippen molar-refractivity contribution in [1.82, 2.24) is 10.3 Å². The minimum absolute atomic E-state index is 0.0995. The minimum Gasteiger partial charge on any atom is -0.481 e. The summed E-state index contributed by atoms with van der Waals surface area (Å²) in [6.45, 7) is 0. The summed E-state index contributed by atoms with van der Waals surface area (Å²) in [5.41, 5.74) is 1.28. The number of aliphatic carboxylic acids is 1. The van der Waals surface area contributed by atoms with Gasteiger partial charge in [0.15, 0.2) is 0 Å². The summed E-state index contributed by atoms with van der Waals surface area (Å²) in [6, 6.07) is 13.1. The minimum atomic E-state index is -1.04. The van der Waals surface area contributed by atoms with Gasteiger partial charge in [-0.2, -0.15) is 0 Å². The molecule has 0 radical (unpaired) electrons. The molecule has 4 rings (SSSR count). The number of amides is 2. The third kappa shape index (κ3) is 6.06. The van der Waals surface area contributed by atoms with Crippen molar-refractivity contribution in [2.45, 2.75) is 43.6 Å². The fraction of sp³-hybridized carbons (Fsp3) is 0.259. The molecular weight excluding hydrogens is 537 g/mol. The van der Waals surface area contributed by atoms with Gasteiger partial charge in [0.1, 0.15) is 0 Å². The Morgan fingerprint density at radius 3 is 2.08 bits per heavy atom. The van der Waals surface area contributed by atoms with Crippen LogP contribution in [0.4, 0.5) is 5.69 Å². The van der Waals surface area contributed by atoms with Crippen LogP contribution in [-0.4, -0.2) is 27.9 Å². The summed E-state index contributed by atoms with van der Waals surface area (Å²) in [6.07, 6.45) is 5.50. The first-order chi connectivity index (χ1) is 17.7. The Morgan fingerprint density at radius 1 is 0.919 bits per heavy atom. The van der Waals surface area contributed by atoms with Gasteiger partial charge >= 0.3 is 5.97 Å². The third-order valence-electron chi connectivity index (χ3n) is 6.62. The molecule has 1 aliphatic carbocycles. The van der Waals surface area contributed by atoms with Gasteiger partial charge < -0.3 is 15.7 Å². The Bertz CT molecular complexity index is 1290. The second-order valence-electron chi connectivity index (χ2n) is 8.97. The number of carbonyl (C=O) groups excluding carboxylic acids is 2. The number of anilines is 1. The molecule has 192 valence electrons. The van der Waals surface area contributed by atoms with Gasteiger partial charge in [0, 0.05) is 23.1 Å². The maximum atomic E-state index is 13.6. The van der Waals surface area contributed by atoms with E-state index in [-0.39, 0.29) is 27.9 Å². The van der Waals surface area contributed by atoms with Crippen LogP contribution in [0.2, 0.25) is 15.1 Å². The first-order valence-corrected chi connectivity index (χ1v) is 12.8. The van der Waals surface area contributed by atoms with Gasteiger partial charge in [0.05, 0.1) is 33.5 Å². The zero-order valence-electron chi connectivity index (χ0n) is 19.6. The molecular formula is C27H24Cl3N3O4. The molecule has 3 aromatic rings. The third-order valence-corrected chi connectivity index (χ3v) is 7.45. The number of hydrogen-bond donors (Lipinski definition) is 3. The molecule has 1 aliphatic rings. The lowest BCUT2D eigenvalue weighted by atomic mass is 9.77. The van der Waals surface area contributed by atoms with Crippen LogP contribution >= 0.6 is 34.8 Å². The van der Waals surface area contributed by atoms with Crippen molar-refractivity contribution in [2.24, 2.45) is 0 Å². The van der Waals surface area contributed by atoms with Crippen molar-refractivity contribution in [1.29, 1.82) is 0 Å². The van der Waals surface area contributed by atoms with Crippen molar-refractivity contribution in [2.75, 3.05) is 5.32 Å². The van der Waals surface area contributed by atoms with E-state index in [1.165, 1.54) is 12.4 Å². The van der Waals surface area contributed by atoms with Crippen molar-refractivity contribution in [3.05, 3.63) is 92.7 Å². The lowest BCUT2D eigenvalue weighted by Crippen LogP contribution is -2.44. The van der Waals surface area contributed by atoms with Crippen molar-refractivity contribution in [3.63, 3.8) is 0 Å². The van der Waals surface area contributed by atoms with E-state index in [0.717, 1.165) is 18.4 Å². The highest BCUT2D eigenvalue weighted by Crippen LogP contribution is 2.42. The summed E-state index contributed by atoms with van der Waals surface area (Å²) >= 11 is 18.2. The molecule has 0 spiro atoms. The predicted molar refractivity (Wildman–Crippen MR) is 143 cm³/mol. The van der Waals surface area contributed by atoms with E-state index in [1.54, 1.807) is 36.4 Å². The quantitative estimate of drug-likeness (QED) is 0.294. The van der Waals surface area contributed by atoms with E-state index in [9.17, 15) is 19.5 Å². The molecule has 2 aromatic carbocycles. The SMILES string of the molecule is O=C(O)CC(NC(=O)C1(c2ccc(Cl)cc2)CCCC1)c1ccc(NC(=O)c2c(Cl)cncc2Cl)cc1. The lowest BCUT2D eigenvalue weighted by molar-refractivity contribution is -0.138. The maximum absolute atomic E-state index is 13.6. The van der Waals surface area contributed by atoms with E-state index in [1.807, 2.05) is 12.1 Å². The largest absolute Gasteiger partial charge is 0.481 e. The predicted octanol–water partition coefficient (Wildman–Crippen LogP) is 6.44. The Labute approximate surface area is 229 Å². The fourth-order valence-electron chi connectivity index (χ4n) is 4.74. The van der Waals surface area contributed by atoms with Gasteiger partial charge in [-0.25, -0.2) is 0 Å². The van der Waals surface area contributed by atoms with Gasteiger partial charge in [0.25, 0.3) is 5.91 Å². The number of pyridine rings is 1. The second kappa shape index (κ2) is 11.5. The van der Waals surface area contributed by atoms with Crippen LogP contribution in [-0.2, 0) is 15.0 Å². The molecule has 1 heterocycles. The molecule has 1 saturated carbocycles. The van der Waals surface area contributed by atoms with Crippen molar-refractivity contribution >= 4 is 58.3 Å². The van der Waals surface area contributed by atoms with E-state index >= 15 is 0 Å². The zero-order chi connectivity index (χ0) is 26.6. The van der Waals surface area contributed by atoms with Crippen LogP contribution in [0.5, 0.6) is 0 Å². The van der Waals surface area contributed by atoms with Crippen molar-refractivity contribution < 1.29 is 19.5 Å². The number of aromatic nitrogens is 1. The Morgan fingerprint density at radius 2 is 1.51 bits per heavy atom. The highest BCUT2D eigenvalue weighted by Gasteiger charge is 2.43. The molecule has 1 unspecified atom stereocenters. The lowest BCUT2D eigenvalue weighted by Gasteiger charge is -2.31. The monoisotopic (exact) mass is 559 g/mol. The number of carboxylic acids is 1. The second-order valence-corrected chi connectivity index (χ2v) is 10.2. The highest BCUT2D eigenvalue weighted by molar-refractivity contribution is 6.40. The first-order valence-electron chi connectivity index (χ1n) is 11.7. The average molecular weight is 561 g/mol. The van der Waals surface area contributed by atoms with Gasteiger partial charge in [-0.05, 0) is 48.2 Å². The summed E-state index contributed by atoms with van der Waals surface area (Å²) < 4.78 is 0. The van der Waals surface area contributed by atoms with Crippen LogP contribution in [0.3, 0.4) is 0 Å². The number of rotatable bonds is 8. The van der Waals surface area contributed by atoms with E-state index in [0.29, 0.717) is 29.1 Å². The Hall–Kier alpha value is -3.13. The molecule has 37 heavy (non-hydrogen) atoms. The molecule has 0 aliphatic heterocycles.